The lowest BCUT2D eigenvalue weighted by atomic mass is 10.4. The molecule has 0 aliphatic carbocycles. The highest BCUT2D eigenvalue weighted by Gasteiger charge is 2.10. The van der Waals surface area contributed by atoms with Gasteiger partial charge in [0.1, 0.15) is 0 Å². The third-order valence-corrected chi connectivity index (χ3v) is 3.80. The van der Waals surface area contributed by atoms with Crippen LogP contribution in [0.1, 0.15) is 12.8 Å². The highest BCUT2D eigenvalue weighted by molar-refractivity contribution is 7.92. The molecule has 7 heteroatoms. The van der Waals surface area contributed by atoms with Crippen molar-refractivity contribution in [3.05, 3.63) is 28.7 Å². The summed E-state index contributed by atoms with van der Waals surface area (Å²) in [6.45, 7) is 0. The smallest absolute Gasteiger partial charge is 0.250 e. The third-order valence-electron chi connectivity index (χ3n) is 2.16. The van der Waals surface area contributed by atoms with Crippen LogP contribution in [0.3, 0.4) is 0 Å². The molecule has 0 aliphatic heterocycles. The molecule has 0 aromatic carbocycles. The number of nitrogens with zero attached hydrogens (tertiary/aromatic N) is 1. The molecular weight excluding hydrogens is 264 g/mol. The summed E-state index contributed by atoms with van der Waals surface area (Å²) < 4.78 is 27.0. The van der Waals surface area contributed by atoms with Crippen molar-refractivity contribution in [3.63, 3.8) is 0 Å². The van der Waals surface area contributed by atoms with Gasteiger partial charge in [0.05, 0.1) is 11.4 Å². The van der Waals surface area contributed by atoms with Crippen LogP contribution in [0.25, 0.3) is 0 Å². The van der Waals surface area contributed by atoms with Gasteiger partial charge in [-0.2, -0.15) is 0 Å². The third kappa shape index (κ3) is 4.79. The molecule has 0 unspecified atom stereocenters. The molecule has 96 valence electrons. The maximum atomic E-state index is 11.6. The number of unbranched alkanes of at least 4 members (excludes halogenated alkanes) is 1. The molecule has 0 amide bonds. The highest BCUT2D eigenvalue weighted by atomic mass is 35.5. The van der Waals surface area contributed by atoms with Crippen molar-refractivity contribution in [1.82, 2.24) is 4.57 Å². The van der Waals surface area contributed by atoms with E-state index in [-0.39, 0.29) is 11.3 Å². The van der Waals surface area contributed by atoms with Crippen molar-refractivity contribution in [1.29, 1.82) is 0 Å². The second-order valence-corrected chi connectivity index (χ2v) is 5.90. The van der Waals surface area contributed by atoms with Gasteiger partial charge in [-0.15, -0.1) is 11.6 Å². The van der Waals surface area contributed by atoms with E-state index in [9.17, 15) is 13.2 Å². The number of aromatic nitrogens is 1. The Morgan fingerprint density at radius 2 is 2.06 bits per heavy atom. The number of halogens is 1. The van der Waals surface area contributed by atoms with E-state index in [1.165, 1.54) is 22.9 Å². The molecule has 0 atom stereocenters. The molecule has 1 heterocycles. The lowest BCUT2D eigenvalue weighted by Gasteiger charge is -2.08. The number of anilines is 1. The monoisotopic (exact) mass is 278 g/mol. The Morgan fingerprint density at radius 1 is 1.35 bits per heavy atom. The topological polar surface area (TPSA) is 68.2 Å². The number of pyridine rings is 1. The van der Waals surface area contributed by atoms with Crippen molar-refractivity contribution >= 4 is 27.3 Å². The van der Waals surface area contributed by atoms with E-state index in [2.05, 4.69) is 4.72 Å². The first-order valence-electron chi connectivity index (χ1n) is 5.18. The highest BCUT2D eigenvalue weighted by Crippen LogP contribution is 2.07. The minimum atomic E-state index is -3.36. The van der Waals surface area contributed by atoms with Gasteiger partial charge >= 0.3 is 0 Å². The zero-order valence-electron chi connectivity index (χ0n) is 9.52. The predicted molar refractivity (Wildman–Crippen MR) is 69.0 cm³/mol. The summed E-state index contributed by atoms with van der Waals surface area (Å²) in [6, 6.07) is 2.76. The van der Waals surface area contributed by atoms with Crippen LogP contribution in [-0.4, -0.2) is 24.6 Å². The number of nitrogens with one attached hydrogen (secondary N) is 1. The Kier molecular flexibility index (Phi) is 5.02. The standard InChI is InChI=1S/C10H15ClN2O3S/c1-13-8-9(4-5-10(13)14)12-17(15,16)7-3-2-6-11/h4-5,8,12H,2-3,6-7H2,1H3. The van der Waals surface area contributed by atoms with Gasteiger partial charge in [0.15, 0.2) is 0 Å². The van der Waals surface area contributed by atoms with Crippen LogP contribution >= 0.6 is 11.6 Å². The maximum absolute atomic E-state index is 11.6. The Bertz CT molecular complexity index is 525. The molecule has 0 saturated heterocycles. The number of hydrogen-bond donors (Lipinski definition) is 1. The summed E-state index contributed by atoms with van der Waals surface area (Å²) in [5.41, 5.74) is 0.202. The molecule has 1 aromatic rings. The van der Waals surface area contributed by atoms with Crippen LogP contribution in [0, 0.1) is 0 Å². The quantitative estimate of drug-likeness (QED) is 0.627. The lowest BCUT2D eigenvalue weighted by Crippen LogP contribution is -2.20. The Morgan fingerprint density at radius 3 is 2.65 bits per heavy atom. The summed E-state index contributed by atoms with van der Waals surface area (Å²) in [7, 11) is -1.80. The SMILES string of the molecule is Cn1cc(NS(=O)(=O)CCCCCl)ccc1=O. The number of alkyl halides is 1. The summed E-state index contributed by atoms with van der Waals surface area (Å²) in [5, 5.41) is 0. The predicted octanol–water partition coefficient (Wildman–Crippen LogP) is 1.15. The summed E-state index contributed by atoms with van der Waals surface area (Å²) in [4.78, 5) is 11.1. The summed E-state index contributed by atoms with van der Waals surface area (Å²) in [6.07, 6.45) is 2.63. The first-order chi connectivity index (χ1) is 7.94. The van der Waals surface area contributed by atoms with Gasteiger partial charge in [-0.1, -0.05) is 0 Å². The molecule has 0 radical (unpaired) electrons. The van der Waals surface area contributed by atoms with E-state index >= 15 is 0 Å². The van der Waals surface area contributed by atoms with Crippen molar-refractivity contribution < 1.29 is 8.42 Å². The van der Waals surface area contributed by atoms with Gasteiger partial charge < -0.3 is 4.57 Å². The van der Waals surface area contributed by atoms with E-state index in [1.807, 2.05) is 0 Å². The molecule has 0 fully saturated rings. The minimum Gasteiger partial charge on any atom is -0.316 e. The second-order valence-electron chi connectivity index (χ2n) is 3.68. The van der Waals surface area contributed by atoms with Crippen molar-refractivity contribution in [2.45, 2.75) is 12.8 Å². The van der Waals surface area contributed by atoms with E-state index in [1.54, 1.807) is 7.05 Å². The van der Waals surface area contributed by atoms with Gasteiger partial charge in [0.2, 0.25) is 15.6 Å². The van der Waals surface area contributed by atoms with E-state index in [0.29, 0.717) is 24.4 Å². The number of rotatable bonds is 6. The molecule has 0 aliphatic rings. The molecule has 0 bridgehead atoms. The summed E-state index contributed by atoms with van der Waals surface area (Å²) >= 11 is 5.48. The fourth-order valence-electron chi connectivity index (χ4n) is 1.27. The maximum Gasteiger partial charge on any atom is 0.250 e. The average molecular weight is 279 g/mol. The van der Waals surface area contributed by atoms with Crippen molar-refractivity contribution in [2.75, 3.05) is 16.4 Å². The average Bonchev–Trinajstić information content (AvgIpc) is 2.23. The Labute approximate surface area is 105 Å². The molecule has 17 heavy (non-hydrogen) atoms. The van der Waals surface area contributed by atoms with Crippen molar-refractivity contribution in [2.24, 2.45) is 7.05 Å². The summed E-state index contributed by atoms with van der Waals surface area (Å²) in [5.74, 6) is 0.484. The minimum absolute atomic E-state index is 0.0303. The molecule has 5 nitrogen and oxygen atoms in total. The van der Waals surface area contributed by atoms with E-state index in [0.717, 1.165) is 0 Å². The van der Waals surface area contributed by atoms with Gasteiger partial charge in [0, 0.05) is 25.2 Å². The Balaban J connectivity index is 2.69. The lowest BCUT2D eigenvalue weighted by molar-refractivity contribution is 0.598. The van der Waals surface area contributed by atoms with Gasteiger partial charge in [-0.05, 0) is 18.9 Å². The Hall–Kier alpha value is -1.01. The van der Waals surface area contributed by atoms with Crippen LogP contribution in [-0.2, 0) is 17.1 Å². The van der Waals surface area contributed by atoms with Crippen LogP contribution in [0.15, 0.2) is 23.1 Å². The molecule has 1 N–H and O–H groups in total. The van der Waals surface area contributed by atoms with Crippen LogP contribution in [0.5, 0.6) is 0 Å². The number of sulfonamides is 1. The van der Waals surface area contributed by atoms with Gasteiger partial charge in [-0.3, -0.25) is 9.52 Å². The van der Waals surface area contributed by atoms with Crippen LogP contribution < -0.4 is 10.3 Å². The first-order valence-corrected chi connectivity index (χ1v) is 7.36. The molecule has 0 saturated carbocycles. The zero-order valence-corrected chi connectivity index (χ0v) is 11.1. The van der Waals surface area contributed by atoms with Crippen LogP contribution in [0.4, 0.5) is 5.69 Å². The number of aryl methyl sites for hydroxylation is 1. The molecule has 0 spiro atoms. The van der Waals surface area contributed by atoms with Gasteiger partial charge in [-0.25, -0.2) is 8.42 Å². The fraction of sp³-hybridized carbons (Fsp3) is 0.500. The van der Waals surface area contributed by atoms with Gasteiger partial charge in [0.25, 0.3) is 0 Å². The molecule has 1 rings (SSSR count). The van der Waals surface area contributed by atoms with Crippen molar-refractivity contribution in [3.8, 4) is 0 Å². The van der Waals surface area contributed by atoms with Crippen LogP contribution in [0.2, 0.25) is 0 Å². The number of hydrogen-bond acceptors (Lipinski definition) is 3. The largest absolute Gasteiger partial charge is 0.316 e. The van der Waals surface area contributed by atoms with E-state index in [4.69, 9.17) is 11.6 Å². The zero-order chi connectivity index (χ0) is 12.9. The first kappa shape index (κ1) is 14.1. The van der Waals surface area contributed by atoms with E-state index < -0.39 is 10.0 Å². The second kappa shape index (κ2) is 6.07. The normalized spacial score (nSPS) is 11.4. The fourth-order valence-corrected chi connectivity index (χ4v) is 2.63. The molecule has 1 aromatic heterocycles. The molecular formula is C10H15ClN2O3S.